The number of carbonyl (C=O) groups is 1. The van der Waals surface area contributed by atoms with Crippen LogP contribution in [0.3, 0.4) is 0 Å². The van der Waals surface area contributed by atoms with Crippen molar-refractivity contribution < 1.29 is 4.79 Å². The van der Waals surface area contributed by atoms with E-state index in [9.17, 15) is 4.79 Å². The predicted molar refractivity (Wildman–Crippen MR) is 39.2 cm³/mol. The lowest BCUT2D eigenvalue weighted by Gasteiger charge is -1.87. The maximum atomic E-state index is 10.3. The summed E-state index contributed by atoms with van der Waals surface area (Å²) >= 11 is 0. The summed E-state index contributed by atoms with van der Waals surface area (Å²) in [6, 6.07) is 0. The molecule has 0 saturated heterocycles. The smallest absolute Gasteiger partial charge is 0.206 e. The number of carbonyl (C=O) groups excluding carboxylic acids is 1. The first-order valence-corrected chi connectivity index (χ1v) is 2.89. The van der Waals surface area contributed by atoms with Crippen molar-refractivity contribution in [1.29, 1.82) is 0 Å². The van der Waals surface area contributed by atoms with E-state index in [-0.39, 0.29) is 0 Å². The Morgan fingerprint density at radius 2 is 2.55 bits per heavy atom. The molecule has 0 atom stereocenters. The minimum absolute atomic E-state index is 0.334. The monoisotopic (exact) mass is 146 g/mol. The van der Waals surface area contributed by atoms with Gasteiger partial charge in [0.1, 0.15) is 17.7 Å². The van der Waals surface area contributed by atoms with Gasteiger partial charge in [0.15, 0.2) is 5.70 Å². The van der Waals surface area contributed by atoms with Crippen LogP contribution in [0.1, 0.15) is 0 Å². The zero-order valence-electron chi connectivity index (χ0n) is 5.56. The molecule has 0 unspecified atom stereocenters. The second-order valence-electron chi connectivity index (χ2n) is 1.79. The average Bonchev–Trinajstić information content (AvgIpc) is 2.06. The van der Waals surface area contributed by atoms with E-state index in [2.05, 4.69) is 16.1 Å². The third-order valence-corrected chi connectivity index (χ3v) is 1.15. The molecule has 52 valence electrons. The molecule has 1 aliphatic carbocycles. The van der Waals surface area contributed by atoms with Gasteiger partial charge in [-0.15, -0.1) is 0 Å². The second-order valence-corrected chi connectivity index (χ2v) is 1.79. The van der Waals surface area contributed by atoms with E-state index in [1.165, 1.54) is 12.2 Å². The molecule has 0 aromatic rings. The zero-order valence-corrected chi connectivity index (χ0v) is 5.56. The molecule has 0 amide bonds. The molecule has 0 N–H and O–H groups in total. The van der Waals surface area contributed by atoms with E-state index >= 15 is 0 Å². The Hall–Kier alpha value is -1.89. The van der Waals surface area contributed by atoms with Crippen LogP contribution in [0.5, 0.6) is 0 Å². The van der Waals surface area contributed by atoms with Crippen molar-refractivity contribution in [2.45, 2.75) is 0 Å². The lowest BCUT2D eigenvalue weighted by atomic mass is 10.1. The third-order valence-electron chi connectivity index (χ3n) is 1.15. The first-order valence-electron chi connectivity index (χ1n) is 2.89. The molecule has 0 radical (unpaired) electrons. The number of allylic oxidation sites excluding steroid dienone is 5. The molecule has 0 heterocycles. The van der Waals surface area contributed by atoms with Gasteiger partial charge in [-0.3, -0.25) is 4.79 Å². The summed E-state index contributed by atoms with van der Waals surface area (Å²) < 4.78 is 0. The standard InChI is InChI=1S/C7H4N3O/c8-10-9-7-4-2-1-3-6(7)5-11/h2-5H/q+1. The van der Waals surface area contributed by atoms with Gasteiger partial charge in [0, 0.05) is 11.0 Å². The third kappa shape index (κ3) is 1.52. The van der Waals surface area contributed by atoms with Gasteiger partial charge < -0.3 is 0 Å². The number of azide groups is 1. The molecule has 0 aromatic carbocycles. The topological polar surface area (TPSA) is 65.8 Å². The molecule has 0 aromatic heterocycles. The van der Waals surface area contributed by atoms with Crippen molar-refractivity contribution in [3.63, 3.8) is 0 Å². The molecule has 11 heavy (non-hydrogen) atoms. The van der Waals surface area contributed by atoms with Crippen LogP contribution in [0.2, 0.25) is 0 Å². The number of rotatable bonds is 2. The van der Waals surface area contributed by atoms with E-state index in [1.807, 2.05) is 0 Å². The van der Waals surface area contributed by atoms with Gasteiger partial charge in [-0.25, -0.2) is 0 Å². The normalized spacial score (nSPS) is 13.8. The van der Waals surface area contributed by atoms with Gasteiger partial charge >= 0.3 is 0 Å². The Bertz CT molecular complexity index is 306. The maximum absolute atomic E-state index is 10.3. The first-order chi connectivity index (χ1) is 5.38. The summed E-state index contributed by atoms with van der Waals surface area (Å²) in [5.74, 6) is 0. The Kier molecular flexibility index (Phi) is 2.18. The summed E-state index contributed by atoms with van der Waals surface area (Å²) in [7, 11) is 0. The van der Waals surface area contributed by atoms with Crippen LogP contribution in [0.4, 0.5) is 0 Å². The number of hydrogen-bond acceptors (Lipinski definition) is 2. The molecule has 1 rings (SSSR count). The van der Waals surface area contributed by atoms with Crippen molar-refractivity contribution in [2.24, 2.45) is 5.11 Å². The predicted octanol–water partition coefficient (Wildman–Crippen LogP) is 1.68. The summed E-state index contributed by atoms with van der Waals surface area (Å²) in [5.41, 5.74) is 8.76. The highest BCUT2D eigenvalue weighted by molar-refractivity contribution is 5.80. The summed E-state index contributed by atoms with van der Waals surface area (Å²) in [6.45, 7) is 0. The molecule has 4 nitrogen and oxygen atoms in total. The van der Waals surface area contributed by atoms with Crippen molar-refractivity contribution in [3.05, 3.63) is 46.0 Å². The van der Waals surface area contributed by atoms with E-state index in [0.29, 0.717) is 17.6 Å². The molecule has 0 saturated carbocycles. The van der Waals surface area contributed by atoms with Gasteiger partial charge in [-0.05, 0) is 10.6 Å². The molecule has 0 aliphatic heterocycles. The molecule has 1 aliphatic rings. The van der Waals surface area contributed by atoms with Crippen LogP contribution < -0.4 is 0 Å². The molecule has 4 heteroatoms. The lowest BCUT2D eigenvalue weighted by Crippen LogP contribution is -1.87. The Labute approximate surface area is 63.1 Å². The van der Waals surface area contributed by atoms with Gasteiger partial charge in [0.05, 0.1) is 6.08 Å². The quantitative estimate of drug-likeness (QED) is 0.192. The minimum atomic E-state index is 0.334. The second kappa shape index (κ2) is 3.32. The number of aldehydes is 1. The largest absolute Gasteiger partial charge is 0.282 e. The summed E-state index contributed by atoms with van der Waals surface area (Å²) in [5, 5.41) is 3.31. The van der Waals surface area contributed by atoms with Crippen LogP contribution in [0.15, 0.2) is 34.6 Å². The average molecular weight is 146 g/mol. The molecular weight excluding hydrogens is 142 g/mol. The van der Waals surface area contributed by atoms with Crippen LogP contribution in [0, 0.1) is 6.08 Å². The zero-order chi connectivity index (χ0) is 8.10. The van der Waals surface area contributed by atoms with Crippen molar-refractivity contribution in [2.75, 3.05) is 0 Å². The van der Waals surface area contributed by atoms with Crippen LogP contribution in [-0.4, -0.2) is 6.29 Å². The van der Waals surface area contributed by atoms with Crippen molar-refractivity contribution >= 4 is 6.29 Å². The van der Waals surface area contributed by atoms with E-state index in [0.717, 1.165) is 0 Å². The fourth-order valence-electron chi connectivity index (χ4n) is 0.669. The van der Waals surface area contributed by atoms with Crippen LogP contribution in [0.25, 0.3) is 10.4 Å². The van der Waals surface area contributed by atoms with Gasteiger partial charge in [0.2, 0.25) is 6.29 Å². The van der Waals surface area contributed by atoms with E-state index in [1.54, 1.807) is 6.08 Å². The summed E-state index contributed by atoms with van der Waals surface area (Å²) in [4.78, 5) is 12.9. The fourth-order valence-corrected chi connectivity index (χ4v) is 0.669. The Balaban J connectivity index is 3.13. The number of hydrogen-bond donors (Lipinski definition) is 0. The highest BCUT2D eigenvalue weighted by atomic mass is 16.1. The molecule has 0 spiro atoms. The summed E-state index contributed by atoms with van der Waals surface area (Å²) in [6.07, 6.45) is 7.90. The van der Waals surface area contributed by atoms with E-state index in [4.69, 9.17) is 5.53 Å². The highest BCUT2D eigenvalue weighted by Gasteiger charge is 2.09. The van der Waals surface area contributed by atoms with Crippen molar-refractivity contribution in [1.82, 2.24) is 0 Å². The Morgan fingerprint density at radius 1 is 1.73 bits per heavy atom. The molecule has 0 fully saturated rings. The molecular formula is C7H4N3O+. The lowest BCUT2D eigenvalue weighted by molar-refractivity contribution is -0.104. The minimum Gasteiger partial charge on any atom is -0.282 e. The van der Waals surface area contributed by atoms with Gasteiger partial charge in [-0.2, -0.15) is 0 Å². The molecule has 0 bridgehead atoms. The van der Waals surface area contributed by atoms with Gasteiger partial charge in [0.25, 0.3) is 0 Å². The van der Waals surface area contributed by atoms with Crippen molar-refractivity contribution in [3.8, 4) is 0 Å². The van der Waals surface area contributed by atoms with E-state index < -0.39 is 0 Å². The first kappa shape index (κ1) is 7.22. The van der Waals surface area contributed by atoms with Crippen LogP contribution >= 0.6 is 0 Å². The fraction of sp³-hybridized carbons (Fsp3) is 0. The van der Waals surface area contributed by atoms with Gasteiger partial charge in [-0.1, -0.05) is 0 Å². The van der Waals surface area contributed by atoms with Crippen LogP contribution in [-0.2, 0) is 4.79 Å². The Morgan fingerprint density at radius 3 is 3.18 bits per heavy atom. The maximum Gasteiger partial charge on any atom is 0.206 e. The highest BCUT2D eigenvalue weighted by Crippen LogP contribution is 2.11. The SMILES string of the molecule is [N-]=[N+]=NC1=C(C=O)C=[C+]C=C1. The number of nitrogens with zero attached hydrogens (tertiary/aromatic N) is 3.